The number of aliphatic hydroxyl groups excluding tert-OH is 1. The van der Waals surface area contributed by atoms with E-state index in [1.54, 1.807) is 0 Å². The van der Waals surface area contributed by atoms with Crippen molar-refractivity contribution in [2.75, 3.05) is 32.9 Å². The summed E-state index contributed by atoms with van der Waals surface area (Å²) in [5.41, 5.74) is 0. The third kappa shape index (κ3) is 2.27. The van der Waals surface area contributed by atoms with Crippen molar-refractivity contribution in [3.05, 3.63) is 0 Å². The first-order chi connectivity index (χ1) is 6.92. The summed E-state index contributed by atoms with van der Waals surface area (Å²) in [6.45, 7) is 3.88. The number of hydrogen-bond donors (Lipinski definition) is 1. The number of nitrogens with zero attached hydrogens (tertiary/aromatic N) is 1. The number of ether oxygens (including phenoxy) is 1. The van der Waals surface area contributed by atoms with Crippen molar-refractivity contribution in [3.63, 3.8) is 0 Å². The molecule has 1 heterocycles. The third-order valence-electron chi connectivity index (χ3n) is 3.58. The number of hydrogen-bond acceptors (Lipinski definition) is 3. The van der Waals surface area contributed by atoms with E-state index in [4.69, 9.17) is 9.84 Å². The van der Waals surface area contributed by atoms with Crippen LogP contribution in [0.3, 0.4) is 0 Å². The molecular formula is C11H21NO2. The van der Waals surface area contributed by atoms with Crippen LogP contribution in [0.2, 0.25) is 0 Å². The topological polar surface area (TPSA) is 32.7 Å². The molecule has 2 aliphatic rings. The first-order valence-corrected chi connectivity index (χ1v) is 5.84. The zero-order valence-electron chi connectivity index (χ0n) is 8.82. The van der Waals surface area contributed by atoms with Crippen molar-refractivity contribution in [1.29, 1.82) is 0 Å². The van der Waals surface area contributed by atoms with Crippen LogP contribution in [0.5, 0.6) is 0 Å². The van der Waals surface area contributed by atoms with Crippen molar-refractivity contribution >= 4 is 0 Å². The smallest absolute Gasteiger partial charge is 0.0593 e. The molecule has 0 aromatic carbocycles. The summed E-state index contributed by atoms with van der Waals surface area (Å²) in [6.07, 6.45) is 5.32. The van der Waals surface area contributed by atoms with Crippen LogP contribution in [0.25, 0.3) is 0 Å². The Balaban J connectivity index is 1.99. The summed E-state index contributed by atoms with van der Waals surface area (Å²) >= 11 is 0. The summed E-state index contributed by atoms with van der Waals surface area (Å²) in [5, 5.41) is 9.02. The van der Waals surface area contributed by atoms with Gasteiger partial charge in [-0.3, -0.25) is 4.90 Å². The Morgan fingerprint density at radius 1 is 1.29 bits per heavy atom. The maximum Gasteiger partial charge on any atom is 0.0593 e. The highest BCUT2D eigenvalue weighted by molar-refractivity contribution is 4.84. The van der Waals surface area contributed by atoms with E-state index in [-0.39, 0.29) is 6.61 Å². The third-order valence-corrected chi connectivity index (χ3v) is 3.58. The van der Waals surface area contributed by atoms with E-state index in [1.165, 1.54) is 25.7 Å². The predicted octanol–water partition coefficient (Wildman–Crippen LogP) is 0.870. The highest BCUT2D eigenvalue weighted by Crippen LogP contribution is 2.29. The molecule has 1 saturated carbocycles. The molecule has 2 fully saturated rings. The number of aliphatic hydroxyl groups is 1. The Bertz CT molecular complexity index is 175. The number of fused-ring (bicyclic) bond motifs is 1. The highest BCUT2D eigenvalue weighted by Gasteiger charge is 2.31. The Hall–Kier alpha value is -0.120. The molecule has 14 heavy (non-hydrogen) atoms. The lowest BCUT2D eigenvalue weighted by molar-refractivity contribution is 0.0871. The van der Waals surface area contributed by atoms with Crippen molar-refractivity contribution in [2.24, 2.45) is 5.92 Å². The van der Waals surface area contributed by atoms with Crippen LogP contribution in [-0.2, 0) is 4.74 Å². The summed E-state index contributed by atoms with van der Waals surface area (Å²) in [5.74, 6) is 0.720. The van der Waals surface area contributed by atoms with E-state index in [1.807, 2.05) is 0 Å². The molecule has 2 rings (SSSR count). The number of rotatable bonds is 2. The van der Waals surface area contributed by atoms with Crippen molar-refractivity contribution < 1.29 is 9.84 Å². The molecule has 3 nitrogen and oxygen atoms in total. The minimum atomic E-state index is 0.281. The predicted molar refractivity (Wildman–Crippen MR) is 55.2 cm³/mol. The lowest BCUT2D eigenvalue weighted by Crippen LogP contribution is -2.44. The molecule has 1 N–H and O–H groups in total. The first-order valence-electron chi connectivity index (χ1n) is 5.84. The van der Waals surface area contributed by atoms with Gasteiger partial charge in [0.25, 0.3) is 0 Å². The van der Waals surface area contributed by atoms with Gasteiger partial charge in [0.15, 0.2) is 0 Å². The second-order valence-electron chi connectivity index (χ2n) is 4.45. The quantitative estimate of drug-likeness (QED) is 0.716. The molecule has 0 spiro atoms. The van der Waals surface area contributed by atoms with Crippen LogP contribution in [-0.4, -0.2) is 49.0 Å². The van der Waals surface area contributed by atoms with Gasteiger partial charge in [-0.2, -0.15) is 0 Å². The van der Waals surface area contributed by atoms with Crippen LogP contribution in [0.1, 0.15) is 25.7 Å². The van der Waals surface area contributed by atoms with Crippen molar-refractivity contribution in [1.82, 2.24) is 4.90 Å². The average Bonchev–Trinajstić information content (AvgIpc) is 2.42. The Labute approximate surface area is 86.0 Å². The molecule has 0 amide bonds. The van der Waals surface area contributed by atoms with Crippen molar-refractivity contribution in [3.8, 4) is 0 Å². The molecule has 2 atom stereocenters. The normalized spacial score (nSPS) is 34.9. The minimum absolute atomic E-state index is 0.281. The fraction of sp³-hybridized carbons (Fsp3) is 1.00. The summed E-state index contributed by atoms with van der Waals surface area (Å²) in [7, 11) is 0. The van der Waals surface area contributed by atoms with Crippen LogP contribution in [0.4, 0.5) is 0 Å². The van der Waals surface area contributed by atoms with Gasteiger partial charge in [0.2, 0.25) is 0 Å². The summed E-state index contributed by atoms with van der Waals surface area (Å²) < 4.78 is 5.62. The van der Waals surface area contributed by atoms with Gasteiger partial charge in [-0.25, -0.2) is 0 Å². The van der Waals surface area contributed by atoms with Crippen LogP contribution >= 0.6 is 0 Å². The molecule has 82 valence electrons. The maximum absolute atomic E-state index is 9.02. The molecule has 0 radical (unpaired) electrons. The van der Waals surface area contributed by atoms with Gasteiger partial charge >= 0.3 is 0 Å². The second-order valence-corrected chi connectivity index (χ2v) is 4.45. The van der Waals surface area contributed by atoms with Crippen LogP contribution in [0.15, 0.2) is 0 Å². The van der Waals surface area contributed by atoms with E-state index in [9.17, 15) is 0 Å². The lowest BCUT2D eigenvalue weighted by Gasteiger charge is -2.37. The maximum atomic E-state index is 9.02. The fourth-order valence-electron chi connectivity index (χ4n) is 2.85. The van der Waals surface area contributed by atoms with Gasteiger partial charge in [0, 0.05) is 19.1 Å². The summed E-state index contributed by atoms with van der Waals surface area (Å²) in [4.78, 5) is 2.43. The second kappa shape index (κ2) is 5.10. The summed E-state index contributed by atoms with van der Waals surface area (Å²) in [6, 6.07) is 0.679. The minimum Gasteiger partial charge on any atom is -0.395 e. The van der Waals surface area contributed by atoms with E-state index in [0.29, 0.717) is 6.04 Å². The van der Waals surface area contributed by atoms with Gasteiger partial charge in [0.1, 0.15) is 0 Å². The first kappa shape index (κ1) is 10.4. The molecule has 2 unspecified atom stereocenters. The van der Waals surface area contributed by atoms with Gasteiger partial charge in [-0.1, -0.05) is 12.8 Å². The van der Waals surface area contributed by atoms with Gasteiger partial charge in [-0.15, -0.1) is 0 Å². The van der Waals surface area contributed by atoms with Crippen molar-refractivity contribution in [2.45, 2.75) is 31.7 Å². The van der Waals surface area contributed by atoms with Gasteiger partial charge < -0.3 is 9.84 Å². The van der Waals surface area contributed by atoms with E-state index in [2.05, 4.69) is 4.90 Å². The monoisotopic (exact) mass is 199 g/mol. The molecule has 0 bridgehead atoms. The molecule has 1 aliphatic carbocycles. The Kier molecular flexibility index (Phi) is 3.79. The van der Waals surface area contributed by atoms with E-state index in [0.717, 1.165) is 32.2 Å². The molecule has 0 aromatic rings. The van der Waals surface area contributed by atoms with Gasteiger partial charge in [0.05, 0.1) is 19.8 Å². The van der Waals surface area contributed by atoms with E-state index >= 15 is 0 Å². The number of β-amino-alcohol motifs (C(OH)–C–C–N with tert-alkyl or cyclic N) is 1. The molecular weight excluding hydrogens is 178 g/mol. The largest absolute Gasteiger partial charge is 0.395 e. The van der Waals surface area contributed by atoms with Gasteiger partial charge in [-0.05, 0) is 18.8 Å². The molecule has 3 heteroatoms. The highest BCUT2D eigenvalue weighted by atomic mass is 16.5. The standard InChI is InChI=1S/C11H21NO2/c13-7-5-12-6-8-14-9-10-3-1-2-4-11(10)12/h10-11,13H,1-9H2. The van der Waals surface area contributed by atoms with E-state index < -0.39 is 0 Å². The zero-order chi connectivity index (χ0) is 9.80. The molecule has 1 aliphatic heterocycles. The average molecular weight is 199 g/mol. The van der Waals surface area contributed by atoms with Crippen LogP contribution in [0, 0.1) is 5.92 Å². The molecule has 0 aromatic heterocycles. The SMILES string of the molecule is OCCN1CCOCC2CCCCC21. The molecule has 1 saturated heterocycles. The lowest BCUT2D eigenvalue weighted by atomic mass is 9.84. The Morgan fingerprint density at radius 2 is 2.14 bits per heavy atom. The van der Waals surface area contributed by atoms with Crippen LogP contribution < -0.4 is 0 Å². The fourth-order valence-corrected chi connectivity index (χ4v) is 2.85. The zero-order valence-corrected chi connectivity index (χ0v) is 8.82. The Morgan fingerprint density at radius 3 is 3.00 bits per heavy atom.